The lowest BCUT2D eigenvalue weighted by atomic mass is 9.92. The number of hydrogen-bond donors (Lipinski definition) is 1. The Morgan fingerprint density at radius 2 is 2.00 bits per heavy atom. The van der Waals surface area contributed by atoms with Crippen LogP contribution in [0.15, 0.2) is 5.38 Å². The van der Waals surface area contributed by atoms with Gasteiger partial charge < -0.3 is 14.8 Å². The lowest BCUT2D eigenvalue weighted by molar-refractivity contribution is 0.0840. The summed E-state index contributed by atoms with van der Waals surface area (Å²) in [7, 11) is 3.51. The molecule has 5 heteroatoms. The lowest BCUT2D eigenvalue weighted by Crippen LogP contribution is -2.49. The van der Waals surface area contributed by atoms with Crippen LogP contribution in [0.2, 0.25) is 0 Å². The SMILES string of the molecule is COCCNC(COC)(c1nc(C(C)(C)C)cs1)C1CC1. The summed E-state index contributed by atoms with van der Waals surface area (Å²) in [6.45, 7) is 8.81. The zero-order chi connectivity index (χ0) is 15.5. The molecule has 2 rings (SSSR count). The van der Waals surface area contributed by atoms with Gasteiger partial charge in [0.2, 0.25) is 0 Å². The average Bonchev–Trinajstić information content (AvgIpc) is 3.13. The Morgan fingerprint density at radius 1 is 1.29 bits per heavy atom. The van der Waals surface area contributed by atoms with E-state index < -0.39 is 0 Å². The van der Waals surface area contributed by atoms with Gasteiger partial charge in [0.1, 0.15) is 5.01 Å². The molecule has 0 spiro atoms. The van der Waals surface area contributed by atoms with Crippen LogP contribution in [0.1, 0.15) is 44.3 Å². The predicted octanol–water partition coefficient (Wildman–Crippen LogP) is 2.93. The molecule has 21 heavy (non-hydrogen) atoms. The Bertz CT molecular complexity index is 451. The second kappa shape index (κ2) is 6.73. The van der Waals surface area contributed by atoms with E-state index in [1.807, 2.05) is 0 Å². The van der Waals surface area contributed by atoms with Crippen molar-refractivity contribution in [3.05, 3.63) is 16.1 Å². The fourth-order valence-corrected chi connectivity index (χ4v) is 3.92. The van der Waals surface area contributed by atoms with Gasteiger partial charge in [0.05, 0.1) is 24.4 Å². The third-order valence-corrected chi connectivity index (χ3v) is 5.07. The van der Waals surface area contributed by atoms with E-state index in [-0.39, 0.29) is 11.0 Å². The zero-order valence-electron chi connectivity index (χ0n) is 13.9. The summed E-state index contributed by atoms with van der Waals surface area (Å²) in [5, 5.41) is 7.03. The van der Waals surface area contributed by atoms with E-state index in [9.17, 15) is 0 Å². The summed E-state index contributed by atoms with van der Waals surface area (Å²) >= 11 is 1.76. The summed E-state index contributed by atoms with van der Waals surface area (Å²) in [6.07, 6.45) is 2.49. The van der Waals surface area contributed by atoms with Gasteiger partial charge >= 0.3 is 0 Å². The smallest absolute Gasteiger partial charge is 0.116 e. The minimum absolute atomic E-state index is 0.0869. The normalized spacial score (nSPS) is 18.7. The Kier molecular flexibility index (Phi) is 5.41. The molecule has 0 bridgehead atoms. The number of aromatic nitrogens is 1. The second-order valence-corrected chi connectivity index (χ2v) is 7.74. The van der Waals surface area contributed by atoms with E-state index in [2.05, 4.69) is 31.5 Å². The minimum atomic E-state index is -0.151. The molecule has 1 unspecified atom stereocenters. The first kappa shape index (κ1) is 16.9. The molecular formula is C16H28N2O2S. The fraction of sp³-hybridized carbons (Fsp3) is 0.812. The number of nitrogens with one attached hydrogen (secondary N) is 1. The van der Waals surface area contributed by atoms with E-state index in [0.717, 1.165) is 17.2 Å². The van der Waals surface area contributed by atoms with Crippen LogP contribution in [0, 0.1) is 5.92 Å². The maximum atomic E-state index is 5.55. The topological polar surface area (TPSA) is 43.4 Å². The number of methoxy groups -OCH3 is 2. The second-order valence-electron chi connectivity index (χ2n) is 6.89. The molecule has 1 aliphatic carbocycles. The van der Waals surface area contributed by atoms with Crippen LogP contribution in [-0.2, 0) is 20.4 Å². The third kappa shape index (κ3) is 3.83. The van der Waals surface area contributed by atoms with Crippen LogP contribution in [-0.4, -0.2) is 39.0 Å². The van der Waals surface area contributed by atoms with E-state index >= 15 is 0 Å². The molecule has 0 saturated heterocycles. The molecule has 1 fully saturated rings. The highest BCUT2D eigenvalue weighted by Gasteiger charge is 2.48. The first-order chi connectivity index (χ1) is 9.94. The van der Waals surface area contributed by atoms with Crippen LogP contribution < -0.4 is 5.32 Å². The van der Waals surface area contributed by atoms with Gasteiger partial charge in [0, 0.05) is 31.6 Å². The van der Waals surface area contributed by atoms with E-state index in [4.69, 9.17) is 14.5 Å². The summed E-state index contributed by atoms with van der Waals surface area (Å²) in [5.41, 5.74) is 1.10. The Morgan fingerprint density at radius 3 is 2.48 bits per heavy atom. The van der Waals surface area contributed by atoms with Gasteiger partial charge in [-0.1, -0.05) is 20.8 Å². The molecule has 1 heterocycles. The molecule has 1 saturated carbocycles. The Balaban J connectivity index is 2.27. The van der Waals surface area contributed by atoms with Crippen LogP contribution in [0.4, 0.5) is 0 Å². The van der Waals surface area contributed by atoms with Crippen molar-refractivity contribution in [3.63, 3.8) is 0 Å². The van der Waals surface area contributed by atoms with Crippen molar-refractivity contribution in [3.8, 4) is 0 Å². The van der Waals surface area contributed by atoms with E-state index in [0.29, 0.717) is 19.1 Å². The molecule has 0 aromatic carbocycles. The van der Waals surface area contributed by atoms with Gasteiger partial charge in [-0.05, 0) is 18.8 Å². The molecule has 4 nitrogen and oxygen atoms in total. The highest BCUT2D eigenvalue weighted by molar-refractivity contribution is 7.09. The average molecular weight is 312 g/mol. The van der Waals surface area contributed by atoms with Gasteiger partial charge in [0.25, 0.3) is 0 Å². The van der Waals surface area contributed by atoms with Crippen LogP contribution >= 0.6 is 11.3 Å². The van der Waals surface area contributed by atoms with Gasteiger partial charge in [0.15, 0.2) is 0 Å². The van der Waals surface area contributed by atoms with Crippen molar-refractivity contribution in [2.75, 3.05) is 34.0 Å². The summed E-state index contributed by atoms with van der Waals surface area (Å²) in [5.74, 6) is 0.619. The van der Waals surface area contributed by atoms with Crippen LogP contribution in [0.5, 0.6) is 0 Å². The standard InChI is InChI=1S/C16H28N2O2S/c1-15(2,3)13-10-21-14(18-13)16(11-20-5,12-6-7-12)17-8-9-19-4/h10,12,17H,6-9,11H2,1-5H3. The van der Waals surface area contributed by atoms with E-state index in [1.165, 1.54) is 12.8 Å². The maximum Gasteiger partial charge on any atom is 0.116 e. The van der Waals surface area contributed by atoms with Gasteiger partial charge in [-0.25, -0.2) is 4.98 Å². The monoisotopic (exact) mass is 312 g/mol. The summed E-state index contributed by atoms with van der Waals surface area (Å²) in [6, 6.07) is 0. The highest BCUT2D eigenvalue weighted by Crippen LogP contribution is 2.47. The molecule has 1 aromatic rings. The number of rotatable bonds is 8. The van der Waals surface area contributed by atoms with Crippen molar-refractivity contribution in [1.82, 2.24) is 10.3 Å². The summed E-state index contributed by atoms with van der Waals surface area (Å²) in [4.78, 5) is 4.95. The molecule has 1 atom stereocenters. The quantitative estimate of drug-likeness (QED) is 0.750. The van der Waals surface area contributed by atoms with Gasteiger partial charge in [-0.15, -0.1) is 11.3 Å². The summed E-state index contributed by atoms with van der Waals surface area (Å²) < 4.78 is 10.7. The molecule has 1 N–H and O–H groups in total. The number of ether oxygens (including phenoxy) is 2. The molecule has 0 aliphatic heterocycles. The first-order valence-electron chi connectivity index (χ1n) is 7.63. The van der Waals surface area contributed by atoms with Gasteiger partial charge in [-0.2, -0.15) is 0 Å². The molecule has 120 valence electrons. The van der Waals surface area contributed by atoms with Crippen LogP contribution in [0.25, 0.3) is 0 Å². The largest absolute Gasteiger partial charge is 0.383 e. The molecule has 0 amide bonds. The number of thiazole rings is 1. The molecule has 0 radical (unpaired) electrons. The van der Waals surface area contributed by atoms with Crippen molar-refractivity contribution in [2.24, 2.45) is 5.92 Å². The lowest BCUT2D eigenvalue weighted by Gasteiger charge is -2.33. The maximum absolute atomic E-state index is 5.55. The highest BCUT2D eigenvalue weighted by atomic mass is 32.1. The predicted molar refractivity (Wildman–Crippen MR) is 87.0 cm³/mol. The van der Waals surface area contributed by atoms with Crippen molar-refractivity contribution in [1.29, 1.82) is 0 Å². The van der Waals surface area contributed by atoms with E-state index in [1.54, 1.807) is 25.6 Å². The third-order valence-electron chi connectivity index (χ3n) is 4.05. The Labute approximate surface area is 132 Å². The minimum Gasteiger partial charge on any atom is -0.383 e. The number of hydrogen-bond acceptors (Lipinski definition) is 5. The fourth-order valence-electron chi connectivity index (χ4n) is 2.63. The first-order valence-corrected chi connectivity index (χ1v) is 8.51. The molecular weight excluding hydrogens is 284 g/mol. The van der Waals surface area contributed by atoms with Crippen molar-refractivity contribution >= 4 is 11.3 Å². The zero-order valence-corrected chi connectivity index (χ0v) is 14.7. The molecule has 1 aromatic heterocycles. The number of nitrogens with zero attached hydrogens (tertiary/aromatic N) is 1. The Hall–Kier alpha value is -0.490. The van der Waals surface area contributed by atoms with Crippen molar-refractivity contribution < 1.29 is 9.47 Å². The van der Waals surface area contributed by atoms with Crippen molar-refractivity contribution in [2.45, 2.75) is 44.6 Å². The molecule has 1 aliphatic rings. The van der Waals surface area contributed by atoms with Gasteiger partial charge in [-0.3, -0.25) is 0 Å². The van der Waals surface area contributed by atoms with Crippen LogP contribution in [0.3, 0.4) is 0 Å².